The molecule has 1 aromatic heterocycles. The van der Waals surface area contributed by atoms with Crippen LogP contribution in [0.25, 0.3) is 0 Å². The van der Waals surface area contributed by atoms with Crippen LogP contribution in [0.4, 0.5) is 10.5 Å². The van der Waals surface area contributed by atoms with Gasteiger partial charge in [0.2, 0.25) is 5.91 Å². The van der Waals surface area contributed by atoms with E-state index >= 15 is 0 Å². The highest BCUT2D eigenvalue weighted by Gasteiger charge is 2.38. The number of aromatic nitrogens is 2. The smallest absolute Gasteiger partial charge is 0.318 e. The fourth-order valence-corrected chi connectivity index (χ4v) is 3.15. The van der Waals surface area contributed by atoms with Crippen LogP contribution in [0, 0.1) is 0 Å². The van der Waals surface area contributed by atoms with Crippen LogP contribution in [-0.4, -0.2) is 45.5 Å². The maximum atomic E-state index is 12.8. The Morgan fingerprint density at radius 2 is 2.12 bits per heavy atom. The summed E-state index contributed by atoms with van der Waals surface area (Å²) >= 11 is 0. The van der Waals surface area contributed by atoms with Gasteiger partial charge in [0, 0.05) is 38.2 Å². The maximum absolute atomic E-state index is 12.8. The third-order valence-corrected chi connectivity index (χ3v) is 4.54. The summed E-state index contributed by atoms with van der Waals surface area (Å²) in [4.78, 5) is 32.9. The number of imidazole rings is 1. The van der Waals surface area contributed by atoms with Gasteiger partial charge in [-0.15, -0.1) is 0 Å². The van der Waals surface area contributed by atoms with Crippen molar-refractivity contribution in [2.45, 2.75) is 25.9 Å². The first kappa shape index (κ1) is 17.0. The lowest BCUT2D eigenvalue weighted by Gasteiger charge is -2.27. The number of rotatable bonds is 5. The molecule has 25 heavy (non-hydrogen) atoms. The Bertz CT molecular complexity index is 743. The van der Waals surface area contributed by atoms with Gasteiger partial charge in [-0.2, -0.15) is 0 Å². The van der Waals surface area contributed by atoms with Crippen LogP contribution in [0.1, 0.15) is 19.2 Å². The lowest BCUT2D eigenvalue weighted by molar-refractivity contribution is -0.120. The molecule has 1 N–H and O–H groups in total. The Morgan fingerprint density at radius 1 is 1.36 bits per heavy atom. The van der Waals surface area contributed by atoms with Crippen LogP contribution in [-0.2, 0) is 18.4 Å². The summed E-state index contributed by atoms with van der Waals surface area (Å²) in [7, 11) is 1.88. The SMILES string of the molecule is CCN(C(=O)NCc1nccn1C)[C@H]1CCN(c2ccccc2)C1=O. The molecule has 0 bridgehead atoms. The largest absolute Gasteiger partial charge is 0.337 e. The molecule has 1 atom stereocenters. The van der Waals surface area contributed by atoms with Crippen molar-refractivity contribution in [3.05, 3.63) is 48.5 Å². The van der Waals surface area contributed by atoms with E-state index in [0.717, 1.165) is 11.5 Å². The molecule has 3 amide bonds. The zero-order valence-electron chi connectivity index (χ0n) is 14.6. The molecule has 1 aliphatic rings. The van der Waals surface area contributed by atoms with E-state index in [-0.39, 0.29) is 11.9 Å². The highest BCUT2D eigenvalue weighted by molar-refractivity contribution is 6.01. The maximum Gasteiger partial charge on any atom is 0.318 e. The summed E-state index contributed by atoms with van der Waals surface area (Å²) in [6, 6.07) is 8.91. The van der Waals surface area contributed by atoms with Crippen molar-refractivity contribution in [2.24, 2.45) is 7.05 Å². The summed E-state index contributed by atoms with van der Waals surface area (Å²) in [5.74, 6) is 0.744. The third kappa shape index (κ3) is 3.50. The molecule has 1 saturated heterocycles. The molecule has 0 unspecified atom stereocenters. The topological polar surface area (TPSA) is 70.5 Å². The van der Waals surface area contributed by atoms with Gasteiger partial charge in [0.25, 0.3) is 0 Å². The lowest BCUT2D eigenvalue weighted by atomic mass is 10.2. The number of hydrogen-bond donors (Lipinski definition) is 1. The fraction of sp³-hybridized carbons (Fsp3) is 0.389. The van der Waals surface area contributed by atoms with E-state index in [1.165, 1.54) is 0 Å². The molecule has 0 aliphatic carbocycles. The van der Waals surface area contributed by atoms with Gasteiger partial charge in [-0.25, -0.2) is 9.78 Å². The second-order valence-electron chi connectivity index (χ2n) is 6.03. The second-order valence-corrected chi connectivity index (χ2v) is 6.03. The van der Waals surface area contributed by atoms with Gasteiger partial charge in [-0.1, -0.05) is 18.2 Å². The molecule has 0 saturated carbocycles. The number of amides is 3. The minimum absolute atomic E-state index is 0.0276. The predicted octanol–water partition coefficient (Wildman–Crippen LogP) is 1.76. The number of carbonyl (C=O) groups is 2. The second kappa shape index (κ2) is 7.38. The van der Waals surface area contributed by atoms with Gasteiger partial charge in [0.15, 0.2) is 0 Å². The van der Waals surface area contributed by atoms with Crippen molar-refractivity contribution in [2.75, 3.05) is 18.0 Å². The average Bonchev–Trinajstić information content (AvgIpc) is 3.21. The molecule has 1 fully saturated rings. The number of anilines is 1. The lowest BCUT2D eigenvalue weighted by Crippen LogP contribution is -2.49. The van der Waals surface area contributed by atoms with Crippen LogP contribution < -0.4 is 10.2 Å². The first-order valence-corrected chi connectivity index (χ1v) is 8.49. The van der Waals surface area contributed by atoms with Crippen molar-refractivity contribution < 1.29 is 9.59 Å². The highest BCUT2D eigenvalue weighted by Crippen LogP contribution is 2.24. The van der Waals surface area contributed by atoms with Crippen LogP contribution in [0.15, 0.2) is 42.7 Å². The van der Waals surface area contributed by atoms with E-state index in [2.05, 4.69) is 10.3 Å². The van der Waals surface area contributed by atoms with Crippen molar-refractivity contribution in [3.8, 4) is 0 Å². The van der Waals surface area contributed by atoms with E-state index in [1.807, 2.05) is 55.1 Å². The summed E-state index contributed by atoms with van der Waals surface area (Å²) in [6.07, 6.45) is 4.16. The number of benzene rings is 1. The van der Waals surface area contributed by atoms with Gasteiger partial charge >= 0.3 is 6.03 Å². The van der Waals surface area contributed by atoms with Crippen molar-refractivity contribution in [1.82, 2.24) is 19.8 Å². The minimum Gasteiger partial charge on any atom is -0.337 e. The van der Waals surface area contributed by atoms with Gasteiger partial charge in [-0.3, -0.25) is 4.79 Å². The highest BCUT2D eigenvalue weighted by atomic mass is 16.2. The summed E-state index contributed by atoms with van der Waals surface area (Å²) in [5, 5.41) is 2.86. The molecule has 2 heterocycles. The van der Waals surface area contributed by atoms with Crippen LogP contribution in [0.3, 0.4) is 0 Å². The number of carbonyl (C=O) groups excluding carboxylic acids is 2. The van der Waals surface area contributed by atoms with E-state index in [4.69, 9.17) is 0 Å². The number of likely N-dealkylation sites (N-methyl/N-ethyl adjacent to an activating group) is 1. The number of para-hydroxylation sites is 1. The zero-order valence-corrected chi connectivity index (χ0v) is 14.6. The number of nitrogens with one attached hydrogen (secondary N) is 1. The number of nitrogens with zero attached hydrogens (tertiary/aromatic N) is 4. The molecule has 132 valence electrons. The first-order valence-electron chi connectivity index (χ1n) is 8.49. The zero-order chi connectivity index (χ0) is 17.8. The third-order valence-electron chi connectivity index (χ3n) is 4.54. The summed E-state index contributed by atoms with van der Waals surface area (Å²) in [5.41, 5.74) is 0.875. The number of urea groups is 1. The Labute approximate surface area is 147 Å². The minimum atomic E-state index is -0.424. The fourth-order valence-electron chi connectivity index (χ4n) is 3.15. The monoisotopic (exact) mass is 341 g/mol. The molecular weight excluding hydrogens is 318 g/mol. The van der Waals surface area contributed by atoms with E-state index in [1.54, 1.807) is 16.0 Å². The van der Waals surface area contributed by atoms with Crippen LogP contribution in [0.2, 0.25) is 0 Å². The first-order chi connectivity index (χ1) is 12.1. The Hall–Kier alpha value is -2.83. The Balaban J connectivity index is 1.65. The number of aryl methyl sites for hydroxylation is 1. The molecule has 7 heteroatoms. The standard InChI is InChI=1S/C18H23N5O2/c1-3-22(18(25)20-13-16-19-10-12-21(16)2)15-9-11-23(17(15)24)14-7-5-4-6-8-14/h4-8,10,12,15H,3,9,11,13H2,1-2H3,(H,20,25)/t15-/m0/s1. The van der Waals surface area contributed by atoms with Crippen LogP contribution in [0.5, 0.6) is 0 Å². The quantitative estimate of drug-likeness (QED) is 0.901. The van der Waals surface area contributed by atoms with Crippen LogP contribution >= 0.6 is 0 Å². The Kier molecular flexibility index (Phi) is 5.02. The molecule has 0 radical (unpaired) electrons. The summed E-state index contributed by atoms with van der Waals surface area (Å²) in [6.45, 7) is 3.32. The normalized spacial score (nSPS) is 17.0. The van der Waals surface area contributed by atoms with E-state index < -0.39 is 6.04 Å². The van der Waals surface area contributed by atoms with E-state index in [0.29, 0.717) is 26.1 Å². The summed E-state index contributed by atoms with van der Waals surface area (Å²) < 4.78 is 1.86. The van der Waals surface area contributed by atoms with E-state index in [9.17, 15) is 9.59 Å². The van der Waals surface area contributed by atoms with Crippen molar-refractivity contribution in [1.29, 1.82) is 0 Å². The molecule has 1 aromatic carbocycles. The number of hydrogen-bond acceptors (Lipinski definition) is 3. The molecule has 0 spiro atoms. The Morgan fingerprint density at radius 3 is 2.76 bits per heavy atom. The molecule has 1 aliphatic heterocycles. The van der Waals surface area contributed by atoms with Gasteiger partial charge < -0.3 is 19.7 Å². The molecule has 7 nitrogen and oxygen atoms in total. The molecular formula is C18H23N5O2. The van der Waals surface area contributed by atoms with Crippen molar-refractivity contribution >= 4 is 17.6 Å². The van der Waals surface area contributed by atoms with Gasteiger partial charge in [0.05, 0.1) is 6.54 Å². The predicted molar refractivity (Wildman–Crippen MR) is 95.0 cm³/mol. The molecule has 3 rings (SSSR count). The van der Waals surface area contributed by atoms with Gasteiger partial charge in [-0.05, 0) is 25.5 Å². The van der Waals surface area contributed by atoms with Crippen molar-refractivity contribution in [3.63, 3.8) is 0 Å². The average molecular weight is 341 g/mol. The molecule has 2 aromatic rings. The van der Waals surface area contributed by atoms with Gasteiger partial charge in [0.1, 0.15) is 11.9 Å².